The molecule has 1 amide bonds. The van der Waals surface area contributed by atoms with Crippen molar-refractivity contribution in [2.24, 2.45) is 0 Å². The van der Waals surface area contributed by atoms with E-state index in [1.54, 1.807) is 36.7 Å². The number of carbonyl (C=O) groups excluding carboxylic acids is 1. The second kappa shape index (κ2) is 7.23. The Hall–Kier alpha value is -2.63. The lowest BCUT2D eigenvalue weighted by Gasteiger charge is -2.10. The first kappa shape index (κ1) is 14.8. The number of carbonyl (C=O) groups is 1. The molecule has 21 heavy (non-hydrogen) atoms. The highest BCUT2D eigenvalue weighted by atomic mass is 16.5. The SMILES string of the molecule is CCNc1ncccc1C(=O)Nc1ccc(OCC)nc1. The summed E-state index contributed by atoms with van der Waals surface area (Å²) in [5.74, 6) is 0.867. The van der Waals surface area contributed by atoms with Crippen LogP contribution < -0.4 is 15.4 Å². The minimum Gasteiger partial charge on any atom is -0.478 e. The van der Waals surface area contributed by atoms with Crippen LogP contribution in [0.2, 0.25) is 0 Å². The van der Waals surface area contributed by atoms with Crippen LogP contribution in [0.4, 0.5) is 11.5 Å². The van der Waals surface area contributed by atoms with Gasteiger partial charge in [-0.3, -0.25) is 4.79 Å². The van der Waals surface area contributed by atoms with E-state index >= 15 is 0 Å². The van der Waals surface area contributed by atoms with Gasteiger partial charge in [0.25, 0.3) is 5.91 Å². The first-order valence-corrected chi connectivity index (χ1v) is 6.83. The van der Waals surface area contributed by atoms with Gasteiger partial charge in [0.1, 0.15) is 5.82 Å². The molecule has 2 N–H and O–H groups in total. The van der Waals surface area contributed by atoms with E-state index < -0.39 is 0 Å². The van der Waals surface area contributed by atoms with Crippen molar-refractivity contribution in [2.75, 3.05) is 23.8 Å². The molecule has 0 fully saturated rings. The number of aromatic nitrogens is 2. The van der Waals surface area contributed by atoms with Gasteiger partial charge in [-0.15, -0.1) is 0 Å². The Morgan fingerprint density at radius 1 is 1.24 bits per heavy atom. The first-order chi connectivity index (χ1) is 10.2. The Kier molecular flexibility index (Phi) is 5.09. The number of nitrogens with zero attached hydrogens (tertiary/aromatic N) is 2. The predicted octanol–water partition coefficient (Wildman–Crippen LogP) is 2.56. The highest BCUT2D eigenvalue weighted by molar-refractivity contribution is 6.07. The van der Waals surface area contributed by atoms with Crippen molar-refractivity contribution in [1.82, 2.24) is 9.97 Å². The highest BCUT2D eigenvalue weighted by Gasteiger charge is 2.12. The topological polar surface area (TPSA) is 76.1 Å². The second-order valence-corrected chi connectivity index (χ2v) is 4.20. The second-order valence-electron chi connectivity index (χ2n) is 4.20. The zero-order chi connectivity index (χ0) is 15.1. The lowest BCUT2D eigenvalue weighted by atomic mass is 10.2. The van der Waals surface area contributed by atoms with Gasteiger partial charge < -0.3 is 15.4 Å². The van der Waals surface area contributed by atoms with E-state index in [2.05, 4.69) is 20.6 Å². The lowest BCUT2D eigenvalue weighted by Crippen LogP contribution is -2.15. The minimum absolute atomic E-state index is 0.231. The fourth-order valence-electron chi connectivity index (χ4n) is 1.78. The van der Waals surface area contributed by atoms with E-state index in [9.17, 15) is 4.79 Å². The van der Waals surface area contributed by atoms with E-state index in [1.165, 1.54) is 0 Å². The average molecular weight is 286 g/mol. The summed E-state index contributed by atoms with van der Waals surface area (Å²) in [5, 5.41) is 5.85. The van der Waals surface area contributed by atoms with Crippen molar-refractivity contribution in [2.45, 2.75) is 13.8 Å². The van der Waals surface area contributed by atoms with Gasteiger partial charge in [0.15, 0.2) is 0 Å². The first-order valence-electron chi connectivity index (χ1n) is 6.83. The number of ether oxygens (including phenoxy) is 1. The average Bonchev–Trinajstić information content (AvgIpc) is 2.50. The molecule has 2 aromatic heterocycles. The minimum atomic E-state index is -0.231. The molecular weight excluding hydrogens is 268 g/mol. The molecule has 0 aromatic carbocycles. The van der Waals surface area contributed by atoms with Crippen molar-refractivity contribution in [3.05, 3.63) is 42.2 Å². The van der Waals surface area contributed by atoms with E-state index in [-0.39, 0.29) is 5.91 Å². The predicted molar refractivity (Wildman–Crippen MR) is 81.8 cm³/mol. The Labute approximate surface area is 123 Å². The number of hydrogen-bond acceptors (Lipinski definition) is 5. The molecular formula is C15H18N4O2. The van der Waals surface area contributed by atoms with Crippen molar-refractivity contribution >= 4 is 17.4 Å². The standard InChI is InChI=1S/C15H18N4O2/c1-3-16-14-12(6-5-9-17-14)15(20)19-11-7-8-13(18-10-11)21-4-2/h5-10H,3-4H2,1-2H3,(H,16,17)(H,19,20). The normalized spacial score (nSPS) is 10.0. The van der Waals surface area contributed by atoms with E-state index in [4.69, 9.17) is 4.74 Å². The van der Waals surface area contributed by atoms with Gasteiger partial charge in [-0.05, 0) is 32.0 Å². The van der Waals surface area contributed by atoms with Crippen LogP contribution in [-0.2, 0) is 0 Å². The van der Waals surface area contributed by atoms with Gasteiger partial charge >= 0.3 is 0 Å². The molecule has 110 valence electrons. The summed E-state index contributed by atoms with van der Waals surface area (Å²) < 4.78 is 5.26. The number of pyridine rings is 2. The van der Waals surface area contributed by atoms with Crippen LogP contribution in [0, 0.1) is 0 Å². The van der Waals surface area contributed by atoms with Crippen molar-refractivity contribution in [3.63, 3.8) is 0 Å². The molecule has 0 saturated carbocycles. The van der Waals surface area contributed by atoms with Crippen molar-refractivity contribution < 1.29 is 9.53 Å². The highest BCUT2D eigenvalue weighted by Crippen LogP contribution is 2.16. The van der Waals surface area contributed by atoms with E-state index in [1.807, 2.05) is 13.8 Å². The maximum absolute atomic E-state index is 12.3. The van der Waals surface area contributed by atoms with Gasteiger partial charge in [-0.25, -0.2) is 9.97 Å². The Morgan fingerprint density at radius 3 is 2.76 bits per heavy atom. The van der Waals surface area contributed by atoms with Crippen molar-refractivity contribution in [1.29, 1.82) is 0 Å². The van der Waals surface area contributed by atoms with Gasteiger partial charge in [0.2, 0.25) is 5.88 Å². The summed E-state index contributed by atoms with van der Waals surface area (Å²) in [7, 11) is 0. The maximum atomic E-state index is 12.3. The quantitative estimate of drug-likeness (QED) is 0.853. The van der Waals surface area contributed by atoms with Gasteiger partial charge in [-0.1, -0.05) is 0 Å². The lowest BCUT2D eigenvalue weighted by molar-refractivity contribution is 0.102. The molecule has 0 saturated heterocycles. The van der Waals surface area contributed by atoms with Crippen LogP contribution in [0.25, 0.3) is 0 Å². The smallest absolute Gasteiger partial charge is 0.259 e. The number of rotatable bonds is 6. The molecule has 0 radical (unpaired) electrons. The van der Waals surface area contributed by atoms with Gasteiger partial charge in [0.05, 0.1) is 24.1 Å². The zero-order valence-electron chi connectivity index (χ0n) is 12.1. The molecule has 0 aliphatic carbocycles. The molecule has 2 rings (SSSR count). The Balaban J connectivity index is 2.10. The summed E-state index contributed by atoms with van der Waals surface area (Å²) in [6.07, 6.45) is 3.21. The molecule has 6 nitrogen and oxygen atoms in total. The molecule has 0 spiro atoms. The molecule has 6 heteroatoms. The van der Waals surface area contributed by atoms with Crippen LogP contribution in [-0.4, -0.2) is 29.0 Å². The summed E-state index contributed by atoms with van der Waals surface area (Å²) >= 11 is 0. The summed E-state index contributed by atoms with van der Waals surface area (Å²) in [5.41, 5.74) is 1.10. The van der Waals surface area contributed by atoms with Crippen molar-refractivity contribution in [3.8, 4) is 5.88 Å². The summed E-state index contributed by atoms with van der Waals surface area (Å²) in [6, 6.07) is 6.92. The van der Waals surface area contributed by atoms with E-state index in [0.29, 0.717) is 36.1 Å². The Bertz CT molecular complexity index is 599. The zero-order valence-corrected chi connectivity index (χ0v) is 12.1. The largest absolute Gasteiger partial charge is 0.478 e. The summed E-state index contributed by atoms with van der Waals surface area (Å²) in [6.45, 7) is 5.09. The number of amides is 1. The van der Waals surface area contributed by atoms with Crippen LogP contribution in [0.3, 0.4) is 0 Å². The fourth-order valence-corrected chi connectivity index (χ4v) is 1.78. The third-order valence-corrected chi connectivity index (χ3v) is 2.68. The fraction of sp³-hybridized carbons (Fsp3) is 0.267. The maximum Gasteiger partial charge on any atom is 0.259 e. The van der Waals surface area contributed by atoms with Crippen LogP contribution in [0.15, 0.2) is 36.7 Å². The van der Waals surface area contributed by atoms with Crippen LogP contribution in [0.1, 0.15) is 24.2 Å². The molecule has 0 aliphatic heterocycles. The Morgan fingerprint density at radius 2 is 2.10 bits per heavy atom. The van der Waals surface area contributed by atoms with Gasteiger partial charge in [-0.2, -0.15) is 0 Å². The molecule has 2 heterocycles. The molecule has 0 bridgehead atoms. The third-order valence-electron chi connectivity index (χ3n) is 2.68. The molecule has 0 unspecified atom stereocenters. The van der Waals surface area contributed by atoms with Crippen LogP contribution in [0.5, 0.6) is 5.88 Å². The number of hydrogen-bond donors (Lipinski definition) is 2. The number of nitrogens with one attached hydrogen (secondary N) is 2. The van der Waals surface area contributed by atoms with E-state index in [0.717, 1.165) is 0 Å². The third kappa shape index (κ3) is 3.92. The summed E-state index contributed by atoms with van der Waals surface area (Å²) in [4.78, 5) is 20.5. The molecule has 0 aliphatic rings. The molecule has 0 atom stereocenters. The van der Waals surface area contributed by atoms with Gasteiger partial charge in [0, 0.05) is 18.8 Å². The molecule has 2 aromatic rings. The monoisotopic (exact) mass is 286 g/mol. The number of anilines is 2. The van der Waals surface area contributed by atoms with Crippen LogP contribution >= 0.6 is 0 Å².